The van der Waals surface area contributed by atoms with Crippen LogP contribution in [0.2, 0.25) is 0 Å². The Morgan fingerprint density at radius 1 is 0.800 bits per heavy atom. The summed E-state index contributed by atoms with van der Waals surface area (Å²) in [5.74, 6) is 0. The smallest absolute Gasteiger partial charge is 0.174 e. The summed E-state index contributed by atoms with van der Waals surface area (Å²) in [5.41, 5.74) is 2.34. The van der Waals surface area contributed by atoms with E-state index in [1.54, 1.807) is 0 Å². The maximum atomic E-state index is 5.50. The van der Waals surface area contributed by atoms with Crippen molar-refractivity contribution in [3.63, 3.8) is 0 Å². The number of para-hydroxylation sites is 2. The van der Waals surface area contributed by atoms with Crippen molar-refractivity contribution in [2.75, 3.05) is 50.1 Å². The second kappa shape index (κ2) is 17.7. The second-order valence-electron chi connectivity index (χ2n) is 6.08. The second-order valence-corrected chi connectivity index (χ2v) is 6.46. The van der Waals surface area contributed by atoms with Crippen LogP contribution < -0.4 is 10.2 Å². The van der Waals surface area contributed by atoms with Gasteiger partial charge in [-0.15, -0.1) is 0 Å². The fraction of sp³-hybridized carbons (Fsp3) is 0.480. The predicted octanol–water partition coefficient (Wildman–Crippen LogP) is 6.17. The van der Waals surface area contributed by atoms with E-state index in [1.807, 2.05) is 78.9 Å². The SMILES string of the molecule is CC.CC.CC.CN(CN1CCN(c2ccccc2)CC1)C(=S)Nc1ccccc1. The van der Waals surface area contributed by atoms with Gasteiger partial charge in [0.05, 0.1) is 6.67 Å². The normalized spacial score (nSPS) is 12.7. The van der Waals surface area contributed by atoms with Gasteiger partial charge in [0.1, 0.15) is 0 Å². The molecule has 1 N–H and O–H groups in total. The van der Waals surface area contributed by atoms with Crippen molar-refractivity contribution >= 4 is 28.7 Å². The molecule has 4 nitrogen and oxygen atoms in total. The molecule has 1 aliphatic rings. The molecule has 2 aromatic rings. The van der Waals surface area contributed by atoms with E-state index in [-0.39, 0.29) is 0 Å². The van der Waals surface area contributed by atoms with E-state index in [9.17, 15) is 0 Å². The van der Waals surface area contributed by atoms with Gasteiger partial charge in [-0.2, -0.15) is 0 Å². The largest absolute Gasteiger partial charge is 0.369 e. The molecule has 0 unspecified atom stereocenters. The van der Waals surface area contributed by atoms with Crippen molar-refractivity contribution < 1.29 is 0 Å². The number of piperazine rings is 1. The average Bonchev–Trinajstić information content (AvgIpc) is 2.84. The van der Waals surface area contributed by atoms with Crippen LogP contribution in [-0.4, -0.2) is 54.8 Å². The molecule has 2 aromatic carbocycles. The Labute approximate surface area is 190 Å². The summed E-state index contributed by atoms with van der Waals surface area (Å²) in [7, 11) is 2.04. The molecular weight excluding hydrogens is 388 g/mol. The molecule has 0 saturated carbocycles. The lowest BCUT2D eigenvalue weighted by molar-refractivity contribution is 0.195. The summed E-state index contributed by atoms with van der Waals surface area (Å²) >= 11 is 5.50. The number of nitrogens with zero attached hydrogens (tertiary/aromatic N) is 3. The molecule has 1 aliphatic heterocycles. The summed E-state index contributed by atoms with van der Waals surface area (Å²) < 4.78 is 0. The molecule has 1 saturated heterocycles. The van der Waals surface area contributed by atoms with Gasteiger partial charge in [0, 0.05) is 44.6 Å². The Hall–Kier alpha value is -2.11. The third kappa shape index (κ3) is 10.1. The third-order valence-corrected chi connectivity index (χ3v) is 4.69. The van der Waals surface area contributed by atoms with E-state index in [4.69, 9.17) is 12.2 Å². The van der Waals surface area contributed by atoms with Gasteiger partial charge in [0.25, 0.3) is 0 Å². The van der Waals surface area contributed by atoms with Crippen LogP contribution in [0.5, 0.6) is 0 Å². The van der Waals surface area contributed by atoms with Crippen molar-refractivity contribution in [3.05, 3.63) is 60.7 Å². The first-order chi connectivity index (χ1) is 14.7. The standard InChI is InChI=1S/C19H24N4S.3C2H6/c1-21(19(24)20-17-8-4-2-5-9-17)16-22-12-14-23(15-13-22)18-10-6-3-7-11-18;3*1-2/h2-11H,12-16H2,1H3,(H,20,24);3*1-2H3. The van der Waals surface area contributed by atoms with Crippen LogP contribution in [-0.2, 0) is 0 Å². The summed E-state index contributed by atoms with van der Waals surface area (Å²) in [6.45, 7) is 17.1. The lowest BCUT2D eigenvalue weighted by atomic mass is 10.2. The lowest BCUT2D eigenvalue weighted by Gasteiger charge is -2.38. The zero-order valence-corrected chi connectivity index (χ0v) is 20.9. The first-order valence-corrected chi connectivity index (χ1v) is 11.7. The molecule has 0 bridgehead atoms. The summed E-state index contributed by atoms with van der Waals surface area (Å²) in [6.07, 6.45) is 0. The van der Waals surface area contributed by atoms with Crippen molar-refractivity contribution in [2.24, 2.45) is 0 Å². The van der Waals surface area contributed by atoms with Gasteiger partial charge in [0.15, 0.2) is 5.11 Å². The summed E-state index contributed by atoms with van der Waals surface area (Å²) in [5, 5.41) is 4.04. The van der Waals surface area contributed by atoms with Crippen molar-refractivity contribution in [2.45, 2.75) is 41.5 Å². The molecular formula is C25H42N4S. The highest BCUT2D eigenvalue weighted by molar-refractivity contribution is 7.80. The van der Waals surface area contributed by atoms with Gasteiger partial charge in [0.2, 0.25) is 0 Å². The molecule has 0 radical (unpaired) electrons. The van der Waals surface area contributed by atoms with Crippen LogP contribution in [0.4, 0.5) is 11.4 Å². The number of thiocarbonyl (C=S) groups is 1. The zero-order valence-electron chi connectivity index (χ0n) is 20.1. The van der Waals surface area contributed by atoms with Gasteiger partial charge in [-0.1, -0.05) is 77.9 Å². The van der Waals surface area contributed by atoms with Crippen LogP contribution in [0.25, 0.3) is 0 Å². The van der Waals surface area contributed by atoms with E-state index in [0.29, 0.717) is 0 Å². The Balaban J connectivity index is 0.00000129. The number of benzene rings is 2. The molecule has 168 valence electrons. The topological polar surface area (TPSA) is 21.8 Å². The average molecular weight is 431 g/mol. The maximum Gasteiger partial charge on any atom is 0.174 e. The monoisotopic (exact) mass is 430 g/mol. The lowest BCUT2D eigenvalue weighted by Crippen LogP contribution is -2.50. The van der Waals surface area contributed by atoms with Crippen LogP contribution in [0, 0.1) is 0 Å². The van der Waals surface area contributed by atoms with Gasteiger partial charge in [-0.3, -0.25) is 4.90 Å². The highest BCUT2D eigenvalue weighted by Gasteiger charge is 2.18. The molecule has 1 heterocycles. The van der Waals surface area contributed by atoms with E-state index in [0.717, 1.165) is 43.6 Å². The molecule has 0 aromatic heterocycles. The minimum absolute atomic E-state index is 0.756. The van der Waals surface area contributed by atoms with E-state index in [2.05, 4.69) is 50.3 Å². The van der Waals surface area contributed by atoms with Crippen molar-refractivity contribution in [3.8, 4) is 0 Å². The van der Waals surface area contributed by atoms with Crippen LogP contribution in [0.3, 0.4) is 0 Å². The fourth-order valence-electron chi connectivity index (χ4n) is 2.89. The third-order valence-electron chi connectivity index (χ3n) is 4.28. The molecule has 0 amide bonds. The molecule has 5 heteroatoms. The quantitative estimate of drug-likeness (QED) is 0.584. The van der Waals surface area contributed by atoms with Crippen LogP contribution in [0.15, 0.2) is 60.7 Å². The molecule has 1 fully saturated rings. The van der Waals surface area contributed by atoms with E-state index in [1.165, 1.54) is 5.69 Å². The molecule has 0 atom stereocenters. The molecule has 0 aliphatic carbocycles. The fourth-order valence-corrected chi connectivity index (χ4v) is 3.07. The van der Waals surface area contributed by atoms with Crippen LogP contribution >= 0.6 is 12.2 Å². The Morgan fingerprint density at radius 3 is 1.77 bits per heavy atom. The number of nitrogens with one attached hydrogen (secondary N) is 1. The van der Waals surface area contributed by atoms with Crippen molar-refractivity contribution in [1.82, 2.24) is 9.80 Å². The first kappa shape index (κ1) is 27.9. The molecule has 30 heavy (non-hydrogen) atoms. The Morgan fingerprint density at radius 2 is 1.27 bits per heavy atom. The first-order valence-electron chi connectivity index (χ1n) is 11.3. The summed E-state index contributed by atoms with van der Waals surface area (Å²) in [6, 6.07) is 20.7. The minimum Gasteiger partial charge on any atom is -0.369 e. The highest BCUT2D eigenvalue weighted by atomic mass is 32.1. The van der Waals surface area contributed by atoms with Gasteiger partial charge >= 0.3 is 0 Å². The van der Waals surface area contributed by atoms with Gasteiger partial charge < -0.3 is 15.1 Å². The number of anilines is 2. The summed E-state index contributed by atoms with van der Waals surface area (Å²) in [4.78, 5) is 6.98. The van der Waals surface area contributed by atoms with Crippen LogP contribution in [0.1, 0.15) is 41.5 Å². The predicted molar refractivity (Wildman–Crippen MR) is 140 cm³/mol. The van der Waals surface area contributed by atoms with E-state index < -0.39 is 0 Å². The number of hydrogen-bond acceptors (Lipinski definition) is 3. The highest BCUT2D eigenvalue weighted by Crippen LogP contribution is 2.15. The Kier molecular flexibility index (Phi) is 16.5. The minimum atomic E-state index is 0.756. The van der Waals surface area contributed by atoms with Gasteiger partial charge in [-0.05, 0) is 36.5 Å². The van der Waals surface area contributed by atoms with E-state index >= 15 is 0 Å². The maximum absolute atomic E-state index is 5.50. The molecule has 0 spiro atoms. The zero-order chi connectivity index (χ0) is 22.8. The Bertz CT molecular complexity index is 641. The number of rotatable bonds is 4. The van der Waals surface area contributed by atoms with Crippen molar-refractivity contribution in [1.29, 1.82) is 0 Å². The number of hydrogen-bond donors (Lipinski definition) is 1. The molecule has 3 rings (SSSR count). The van der Waals surface area contributed by atoms with Gasteiger partial charge in [-0.25, -0.2) is 0 Å².